The van der Waals surface area contributed by atoms with E-state index in [0.29, 0.717) is 11.3 Å². The van der Waals surface area contributed by atoms with Gasteiger partial charge in [-0.05, 0) is 24.3 Å². The molecule has 0 bridgehead atoms. The van der Waals surface area contributed by atoms with Gasteiger partial charge in [0, 0.05) is 23.9 Å². The summed E-state index contributed by atoms with van der Waals surface area (Å²) in [5, 5.41) is 4.96. The molecule has 0 radical (unpaired) electrons. The van der Waals surface area contributed by atoms with Crippen molar-refractivity contribution in [1.29, 1.82) is 0 Å². The van der Waals surface area contributed by atoms with Crippen LogP contribution in [-0.2, 0) is 16.6 Å². The minimum atomic E-state index is -3.94. The molecule has 1 heterocycles. The lowest BCUT2D eigenvalue weighted by atomic mass is 10.1. The summed E-state index contributed by atoms with van der Waals surface area (Å²) in [6.45, 7) is 0.00989. The van der Waals surface area contributed by atoms with Crippen molar-refractivity contribution in [2.45, 2.75) is 11.4 Å². The lowest BCUT2D eigenvalue weighted by Crippen LogP contribution is -2.23. The summed E-state index contributed by atoms with van der Waals surface area (Å²) >= 11 is 18.0. The number of aromatic nitrogens is 2. The molecule has 0 amide bonds. The third-order valence-corrected chi connectivity index (χ3v) is 7.16. The van der Waals surface area contributed by atoms with E-state index in [1.54, 1.807) is 10.9 Å². The predicted molar refractivity (Wildman–Crippen MR) is 124 cm³/mol. The van der Waals surface area contributed by atoms with Gasteiger partial charge in [-0.15, -0.1) is 0 Å². The second kappa shape index (κ2) is 9.02. The van der Waals surface area contributed by atoms with E-state index >= 15 is 0 Å². The van der Waals surface area contributed by atoms with Gasteiger partial charge in [0.2, 0.25) is 10.0 Å². The molecule has 4 rings (SSSR count). The third-order valence-electron chi connectivity index (χ3n) is 4.57. The van der Waals surface area contributed by atoms with Crippen LogP contribution < -0.4 is 4.72 Å². The molecule has 0 saturated heterocycles. The lowest BCUT2D eigenvalue weighted by Gasteiger charge is -2.10. The fourth-order valence-electron chi connectivity index (χ4n) is 3.05. The maximum atomic E-state index is 12.9. The van der Waals surface area contributed by atoms with Crippen LogP contribution in [0.1, 0.15) is 5.56 Å². The van der Waals surface area contributed by atoms with Crippen LogP contribution in [0.2, 0.25) is 15.1 Å². The van der Waals surface area contributed by atoms with Gasteiger partial charge in [-0.2, -0.15) is 5.10 Å². The van der Waals surface area contributed by atoms with E-state index in [-0.39, 0.29) is 26.5 Å². The molecular weight excluding hydrogens is 477 g/mol. The molecule has 4 aromatic rings. The molecule has 0 saturated carbocycles. The van der Waals surface area contributed by atoms with Gasteiger partial charge in [0.15, 0.2) is 0 Å². The first-order valence-electron chi connectivity index (χ1n) is 9.19. The van der Waals surface area contributed by atoms with E-state index in [0.717, 1.165) is 11.3 Å². The minimum absolute atomic E-state index is 0.00911. The van der Waals surface area contributed by atoms with Crippen molar-refractivity contribution in [2.75, 3.05) is 0 Å². The van der Waals surface area contributed by atoms with E-state index in [1.165, 1.54) is 12.1 Å². The number of para-hydroxylation sites is 1. The quantitative estimate of drug-likeness (QED) is 0.337. The van der Waals surface area contributed by atoms with Gasteiger partial charge in [-0.3, -0.25) is 0 Å². The van der Waals surface area contributed by atoms with E-state index in [1.807, 2.05) is 60.7 Å². The summed E-state index contributed by atoms with van der Waals surface area (Å²) in [4.78, 5) is -0.139. The van der Waals surface area contributed by atoms with Gasteiger partial charge >= 0.3 is 0 Å². The van der Waals surface area contributed by atoms with Crippen molar-refractivity contribution in [3.63, 3.8) is 0 Å². The van der Waals surface area contributed by atoms with Crippen LogP contribution >= 0.6 is 34.8 Å². The van der Waals surface area contributed by atoms with Crippen molar-refractivity contribution in [1.82, 2.24) is 14.5 Å². The highest BCUT2D eigenvalue weighted by atomic mass is 35.5. The Morgan fingerprint density at radius 2 is 1.45 bits per heavy atom. The SMILES string of the molecule is O=S(=O)(NCc1cn(-c2ccccc2)nc1-c1ccccc1)c1cc(Cl)c(Cl)cc1Cl. The predicted octanol–water partition coefficient (Wildman–Crippen LogP) is 5.98. The van der Waals surface area contributed by atoms with Gasteiger partial charge in [0.05, 0.1) is 26.4 Å². The van der Waals surface area contributed by atoms with Crippen molar-refractivity contribution in [2.24, 2.45) is 0 Å². The Kier molecular flexibility index (Phi) is 6.36. The topological polar surface area (TPSA) is 64.0 Å². The Bertz CT molecular complexity index is 1330. The highest BCUT2D eigenvalue weighted by molar-refractivity contribution is 7.89. The van der Waals surface area contributed by atoms with E-state index in [9.17, 15) is 8.42 Å². The number of sulfonamides is 1. The number of nitrogens with one attached hydrogen (secondary N) is 1. The Labute approximate surface area is 195 Å². The van der Waals surface area contributed by atoms with Crippen LogP contribution in [0.15, 0.2) is 83.9 Å². The fourth-order valence-corrected chi connectivity index (χ4v) is 5.06. The maximum absolute atomic E-state index is 12.9. The number of nitrogens with zero attached hydrogens (tertiary/aromatic N) is 2. The summed E-state index contributed by atoms with van der Waals surface area (Å²) in [5.74, 6) is 0. The van der Waals surface area contributed by atoms with Crippen LogP contribution in [0.3, 0.4) is 0 Å². The molecule has 0 aliphatic rings. The number of halogens is 3. The number of benzene rings is 3. The molecular formula is C22H16Cl3N3O2S. The lowest BCUT2D eigenvalue weighted by molar-refractivity contribution is 0.581. The molecule has 158 valence electrons. The molecule has 0 aliphatic heterocycles. The van der Waals surface area contributed by atoms with E-state index in [2.05, 4.69) is 9.82 Å². The number of rotatable bonds is 6. The number of hydrogen-bond acceptors (Lipinski definition) is 3. The summed E-state index contributed by atoms with van der Waals surface area (Å²) in [6.07, 6.45) is 1.80. The summed E-state index contributed by atoms with van der Waals surface area (Å²) in [6, 6.07) is 21.7. The highest BCUT2D eigenvalue weighted by Gasteiger charge is 2.21. The van der Waals surface area contributed by atoms with Gasteiger partial charge in [0.1, 0.15) is 4.90 Å². The van der Waals surface area contributed by atoms with Crippen molar-refractivity contribution in [3.8, 4) is 16.9 Å². The normalized spacial score (nSPS) is 11.6. The summed E-state index contributed by atoms with van der Waals surface area (Å²) in [7, 11) is -3.94. The van der Waals surface area contributed by atoms with Crippen LogP contribution in [-0.4, -0.2) is 18.2 Å². The molecule has 0 spiro atoms. The van der Waals surface area contributed by atoms with Crippen LogP contribution in [0.25, 0.3) is 16.9 Å². The molecule has 1 N–H and O–H groups in total. The zero-order valence-electron chi connectivity index (χ0n) is 16.0. The highest BCUT2D eigenvalue weighted by Crippen LogP contribution is 2.32. The average Bonchev–Trinajstić information content (AvgIpc) is 3.20. The monoisotopic (exact) mass is 491 g/mol. The largest absolute Gasteiger partial charge is 0.242 e. The average molecular weight is 493 g/mol. The second-order valence-electron chi connectivity index (χ2n) is 6.67. The van der Waals surface area contributed by atoms with E-state index in [4.69, 9.17) is 34.8 Å². The molecule has 0 unspecified atom stereocenters. The Morgan fingerprint density at radius 3 is 2.13 bits per heavy atom. The van der Waals surface area contributed by atoms with Gasteiger partial charge < -0.3 is 0 Å². The first-order valence-corrected chi connectivity index (χ1v) is 11.8. The molecule has 0 aliphatic carbocycles. The second-order valence-corrected chi connectivity index (χ2v) is 9.63. The minimum Gasteiger partial charge on any atom is -0.240 e. The summed E-state index contributed by atoms with van der Waals surface area (Å²) < 4.78 is 30.1. The molecule has 0 atom stereocenters. The first kappa shape index (κ1) is 21.9. The Balaban J connectivity index is 1.69. The molecule has 1 aromatic heterocycles. The molecule has 31 heavy (non-hydrogen) atoms. The molecule has 3 aromatic carbocycles. The zero-order chi connectivity index (χ0) is 22.0. The van der Waals surface area contributed by atoms with Crippen LogP contribution in [0, 0.1) is 0 Å². The standard InChI is InChI=1S/C22H16Cl3N3O2S/c23-18-11-20(25)21(12-19(18)24)31(29,30)26-13-16-14-28(17-9-5-2-6-10-17)27-22(16)15-7-3-1-4-8-15/h1-12,14,26H,13H2. The number of hydrogen-bond donors (Lipinski definition) is 1. The van der Waals surface area contributed by atoms with Gasteiger partial charge in [-0.1, -0.05) is 83.3 Å². The smallest absolute Gasteiger partial charge is 0.240 e. The molecule has 5 nitrogen and oxygen atoms in total. The van der Waals surface area contributed by atoms with Gasteiger partial charge in [-0.25, -0.2) is 17.8 Å². The van der Waals surface area contributed by atoms with Crippen molar-refractivity contribution >= 4 is 44.8 Å². The molecule has 9 heteroatoms. The summed E-state index contributed by atoms with van der Waals surface area (Å²) in [5.41, 5.74) is 3.11. The molecule has 0 fully saturated rings. The zero-order valence-corrected chi connectivity index (χ0v) is 19.1. The van der Waals surface area contributed by atoms with Crippen LogP contribution in [0.4, 0.5) is 0 Å². The van der Waals surface area contributed by atoms with Gasteiger partial charge in [0.25, 0.3) is 0 Å². The third kappa shape index (κ3) is 4.79. The maximum Gasteiger partial charge on any atom is 0.242 e. The Morgan fingerprint density at radius 1 is 0.839 bits per heavy atom. The van der Waals surface area contributed by atoms with E-state index < -0.39 is 10.0 Å². The van der Waals surface area contributed by atoms with Crippen molar-refractivity contribution < 1.29 is 8.42 Å². The fraction of sp³-hybridized carbons (Fsp3) is 0.0455. The van der Waals surface area contributed by atoms with Crippen molar-refractivity contribution in [3.05, 3.63) is 99.6 Å². The van der Waals surface area contributed by atoms with Crippen LogP contribution in [0.5, 0.6) is 0 Å². The Hall–Kier alpha value is -2.35. The first-order chi connectivity index (χ1) is 14.8.